The largest absolute Gasteiger partial charge is 0.372 e. The van der Waals surface area contributed by atoms with E-state index in [0.717, 1.165) is 18.8 Å². The number of benzene rings is 1. The third kappa shape index (κ3) is 3.46. The zero-order valence-corrected chi connectivity index (χ0v) is 12.9. The second kappa shape index (κ2) is 6.62. The highest BCUT2D eigenvalue weighted by Crippen LogP contribution is 2.22. The van der Waals surface area contributed by atoms with Crippen LogP contribution in [0.5, 0.6) is 0 Å². The summed E-state index contributed by atoms with van der Waals surface area (Å²) in [7, 11) is 0. The summed E-state index contributed by atoms with van der Waals surface area (Å²) in [6.07, 6.45) is 2.46. The minimum absolute atomic E-state index is 0.388. The van der Waals surface area contributed by atoms with Crippen LogP contribution in [0.1, 0.15) is 22.5 Å². The molecule has 0 aliphatic carbocycles. The Bertz CT molecular complexity index is 647. The number of anilines is 2. The van der Waals surface area contributed by atoms with Crippen molar-refractivity contribution in [1.82, 2.24) is 5.32 Å². The average Bonchev–Trinajstić information content (AvgIpc) is 3.21. The molecule has 1 saturated heterocycles. The Balaban J connectivity index is 1.56. The minimum Gasteiger partial charge on any atom is -0.372 e. The van der Waals surface area contributed by atoms with Gasteiger partial charge in [0.05, 0.1) is 4.88 Å². The van der Waals surface area contributed by atoms with Crippen LogP contribution < -0.4 is 15.5 Å². The zero-order chi connectivity index (χ0) is 15.4. The molecule has 2 N–H and O–H groups in total. The first kappa shape index (κ1) is 14.6. The number of urea groups is 1. The van der Waals surface area contributed by atoms with Crippen LogP contribution in [-0.2, 0) is 0 Å². The molecule has 0 radical (unpaired) electrons. The van der Waals surface area contributed by atoms with E-state index in [2.05, 4.69) is 15.5 Å². The molecule has 22 heavy (non-hydrogen) atoms. The molecule has 0 unspecified atom stereocenters. The van der Waals surface area contributed by atoms with Gasteiger partial charge in [-0.2, -0.15) is 0 Å². The van der Waals surface area contributed by atoms with Gasteiger partial charge in [-0.15, -0.1) is 11.3 Å². The van der Waals surface area contributed by atoms with E-state index in [-0.39, 0.29) is 5.91 Å². The van der Waals surface area contributed by atoms with E-state index in [0.29, 0.717) is 10.6 Å². The lowest BCUT2D eigenvalue weighted by molar-refractivity contribution is 0.0971. The first-order chi connectivity index (χ1) is 10.7. The third-order valence-electron chi connectivity index (χ3n) is 3.57. The summed E-state index contributed by atoms with van der Waals surface area (Å²) in [6.45, 7) is 2.17. The maximum absolute atomic E-state index is 11.8. The van der Waals surface area contributed by atoms with Crippen molar-refractivity contribution in [3.63, 3.8) is 0 Å². The van der Waals surface area contributed by atoms with Gasteiger partial charge >= 0.3 is 6.03 Å². The number of carbonyl (C=O) groups is 2. The fourth-order valence-corrected chi connectivity index (χ4v) is 3.08. The Kier molecular flexibility index (Phi) is 4.39. The molecule has 0 atom stereocenters. The molecule has 3 rings (SSSR count). The van der Waals surface area contributed by atoms with Crippen LogP contribution in [0.25, 0.3) is 0 Å². The fraction of sp³-hybridized carbons (Fsp3) is 0.250. The Morgan fingerprint density at radius 1 is 1.05 bits per heavy atom. The summed E-state index contributed by atoms with van der Waals surface area (Å²) in [5.41, 5.74) is 1.83. The van der Waals surface area contributed by atoms with E-state index in [1.165, 1.54) is 24.2 Å². The van der Waals surface area contributed by atoms with Gasteiger partial charge < -0.3 is 10.2 Å². The highest BCUT2D eigenvalue weighted by Gasteiger charge is 2.13. The Morgan fingerprint density at radius 3 is 2.41 bits per heavy atom. The topological polar surface area (TPSA) is 61.4 Å². The van der Waals surface area contributed by atoms with Crippen LogP contribution in [0.3, 0.4) is 0 Å². The Labute approximate surface area is 132 Å². The van der Waals surface area contributed by atoms with Crippen molar-refractivity contribution in [2.75, 3.05) is 23.3 Å². The molecule has 0 spiro atoms. The van der Waals surface area contributed by atoms with Crippen LogP contribution in [-0.4, -0.2) is 25.0 Å². The van der Waals surface area contributed by atoms with Crippen molar-refractivity contribution in [2.24, 2.45) is 0 Å². The Morgan fingerprint density at radius 2 is 1.77 bits per heavy atom. The van der Waals surface area contributed by atoms with E-state index in [9.17, 15) is 9.59 Å². The van der Waals surface area contributed by atoms with Crippen LogP contribution in [0.2, 0.25) is 0 Å². The maximum atomic E-state index is 11.8. The summed E-state index contributed by atoms with van der Waals surface area (Å²) in [5.74, 6) is -0.388. The molecular formula is C16H17N3O2S. The highest BCUT2D eigenvalue weighted by atomic mass is 32.1. The van der Waals surface area contributed by atoms with Crippen LogP contribution in [0.4, 0.5) is 16.2 Å². The number of hydrogen-bond donors (Lipinski definition) is 2. The van der Waals surface area contributed by atoms with E-state index >= 15 is 0 Å². The average molecular weight is 315 g/mol. The third-order valence-corrected chi connectivity index (χ3v) is 4.44. The molecule has 5 nitrogen and oxygen atoms in total. The molecule has 3 amide bonds. The van der Waals surface area contributed by atoms with Crippen molar-refractivity contribution in [3.8, 4) is 0 Å². The number of amides is 3. The molecule has 2 aromatic rings. The predicted octanol–water partition coefficient (Wildman–Crippen LogP) is 3.31. The highest BCUT2D eigenvalue weighted by molar-refractivity contribution is 7.12. The van der Waals surface area contributed by atoms with Gasteiger partial charge in [0.25, 0.3) is 5.91 Å². The van der Waals surface area contributed by atoms with Crippen LogP contribution in [0.15, 0.2) is 41.8 Å². The number of nitrogens with one attached hydrogen (secondary N) is 2. The standard InChI is InChI=1S/C16H17N3O2S/c20-15(14-4-3-11-22-14)18-16(21)17-12-5-7-13(8-6-12)19-9-1-2-10-19/h3-8,11H,1-2,9-10H2,(H2,17,18,20,21). The first-order valence-corrected chi connectivity index (χ1v) is 8.11. The van der Waals surface area contributed by atoms with E-state index in [1.54, 1.807) is 17.5 Å². The second-order valence-electron chi connectivity index (χ2n) is 5.13. The summed E-state index contributed by atoms with van der Waals surface area (Å²) in [5, 5.41) is 6.77. The van der Waals surface area contributed by atoms with Crippen molar-refractivity contribution in [2.45, 2.75) is 12.8 Å². The van der Waals surface area contributed by atoms with Crippen LogP contribution in [0, 0.1) is 0 Å². The fourth-order valence-electron chi connectivity index (χ4n) is 2.47. The van der Waals surface area contributed by atoms with Gasteiger partial charge in [-0.05, 0) is 48.6 Å². The zero-order valence-electron chi connectivity index (χ0n) is 12.0. The molecule has 1 fully saturated rings. The normalized spacial score (nSPS) is 13.9. The molecule has 114 valence electrons. The van der Waals surface area contributed by atoms with Gasteiger partial charge in [-0.25, -0.2) is 4.79 Å². The lowest BCUT2D eigenvalue weighted by Crippen LogP contribution is -2.33. The van der Waals surface area contributed by atoms with Gasteiger partial charge in [0.15, 0.2) is 0 Å². The van der Waals surface area contributed by atoms with Gasteiger partial charge in [0, 0.05) is 24.5 Å². The van der Waals surface area contributed by atoms with Gasteiger partial charge in [-0.1, -0.05) is 6.07 Å². The van der Waals surface area contributed by atoms with Gasteiger partial charge in [-0.3, -0.25) is 10.1 Å². The lowest BCUT2D eigenvalue weighted by atomic mass is 10.2. The number of hydrogen-bond acceptors (Lipinski definition) is 4. The van der Waals surface area contributed by atoms with Crippen LogP contribution >= 0.6 is 11.3 Å². The second-order valence-corrected chi connectivity index (χ2v) is 6.07. The lowest BCUT2D eigenvalue weighted by Gasteiger charge is -2.17. The van der Waals surface area contributed by atoms with Crippen molar-refractivity contribution in [1.29, 1.82) is 0 Å². The molecule has 1 aliphatic heterocycles. The SMILES string of the molecule is O=C(NC(=O)c1cccs1)Nc1ccc(N2CCCC2)cc1. The monoisotopic (exact) mass is 315 g/mol. The summed E-state index contributed by atoms with van der Waals surface area (Å²) >= 11 is 1.30. The van der Waals surface area contributed by atoms with Crippen molar-refractivity contribution in [3.05, 3.63) is 46.7 Å². The van der Waals surface area contributed by atoms with E-state index in [1.807, 2.05) is 24.3 Å². The number of imide groups is 1. The molecule has 1 aromatic carbocycles. The molecule has 1 aromatic heterocycles. The predicted molar refractivity (Wildman–Crippen MR) is 88.7 cm³/mol. The van der Waals surface area contributed by atoms with Gasteiger partial charge in [0.1, 0.15) is 0 Å². The molecule has 0 saturated carbocycles. The Hall–Kier alpha value is -2.34. The summed E-state index contributed by atoms with van der Waals surface area (Å²) < 4.78 is 0. The quantitative estimate of drug-likeness (QED) is 0.913. The van der Waals surface area contributed by atoms with E-state index in [4.69, 9.17) is 0 Å². The number of carbonyl (C=O) groups excluding carboxylic acids is 2. The minimum atomic E-state index is -0.521. The molecule has 2 heterocycles. The molecule has 6 heteroatoms. The summed E-state index contributed by atoms with van der Waals surface area (Å²) in [4.78, 5) is 26.4. The van der Waals surface area contributed by atoms with E-state index < -0.39 is 6.03 Å². The number of nitrogens with zero attached hydrogens (tertiary/aromatic N) is 1. The van der Waals surface area contributed by atoms with Crippen molar-refractivity contribution >= 4 is 34.6 Å². The molecule has 1 aliphatic rings. The molecular weight excluding hydrogens is 298 g/mol. The first-order valence-electron chi connectivity index (χ1n) is 7.23. The number of thiophene rings is 1. The maximum Gasteiger partial charge on any atom is 0.326 e. The number of rotatable bonds is 3. The summed E-state index contributed by atoms with van der Waals surface area (Å²) in [6, 6.07) is 10.6. The van der Waals surface area contributed by atoms with Gasteiger partial charge in [0.2, 0.25) is 0 Å². The smallest absolute Gasteiger partial charge is 0.326 e. The van der Waals surface area contributed by atoms with Crippen molar-refractivity contribution < 1.29 is 9.59 Å². The molecule has 0 bridgehead atoms.